The minimum absolute atomic E-state index is 0.0870. The largest absolute Gasteiger partial charge is 0.462 e. The Morgan fingerprint density at radius 2 is 1.77 bits per heavy atom. The maximum absolute atomic E-state index is 13.9. The molecule has 8 nitrogen and oxygen atoms in total. The zero-order valence-electron chi connectivity index (χ0n) is 16.4. The predicted molar refractivity (Wildman–Crippen MR) is 105 cm³/mol. The van der Waals surface area contributed by atoms with Crippen LogP contribution in [0.5, 0.6) is 0 Å². The van der Waals surface area contributed by atoms with Crippen molar-refractivity contribution in [2.75, 3.05) is 18.2 Å². The summed E-state index contributed by atoms with van der Waals surface area (Å²) >= 11 is 0.825. The molecule has 0 aliphatic carbocycles. The Kier molecular flexibility index (Phi) is 6.34. The summed E-state index contributed by atoms with van der Waals surface area (Å²) in [4.78, 5) is 28.5. The Morgan fingerprint density at radius 3 is 2.35 bits per heavy atom. The third kappa shape index (κ3) is 4.13. The van der Waals surface area contributed by atoms with Gasteiger partial charge < -0.3 is 14.6 Å². The van der Waals surface area contributed by atoms with Gasteiger partial charge in [0.25, 0.3) is 5.72 Å². The van der Waals surface area contributed by atoms with Crippen LogP contribution in [0.2, 0.25) is 0 Å². The molecule has 3 rings (SSSR count). The molecular formula is C19H18F3N3O5S. The molecule has 1 unspecified atom stereocenters. The van der Waals surface area contributed by atoms with Crippen LogP contribution >= 0.6 is 11.3 Å². The number of hydrazine groups is 1. The van der Waals surface area contributed by atoms with Gasteiger partial charge in [0.1, 0.15) is 5.57 Å². The van der Waals surface area contributed by atoms with Crippen molar-refractivity contribution in [3.8, 4) is 0 Å². The van der Waals surface area contributed by atoms with E-state index < -0.39 is 29.4 Å². The van der Waals surface area contributed by atoms with E-state index in [1.807, 2.05) is 5.43 Å². The molecular weight excluding hydrogens is 439 g/mol. The summed E-state index contributed by atoms with van der Waals surface area (Å²) in [6.45, 7) is 2.91. The van der Waals surface area contributed by atoms with E-state index in [1.54, 1.807) is 25.1 Å². The van der Waals surface area contributed by atoms with Gasteiger partial charge in [0.15, 0.2) is 5.69 Å². The lowest BCUT2D eigenvalue weighted by molar-refractivity contribution is -0.254. The van der Waals surface area contributed by atoms with E-state index in [9.17, 15) is 27.9 Å². The zero-order chi connectivity index (χ0) is 22.8. The number of benzene rings is 1. The smallest absolute Gasteiger partial charge is 0.437 e. The van der Waals surface area contributed by atoms with Gasteiger partial charge >= 0.3 is 18.1 Å². The first-order chi connectivity index (χ1) is 14.6. The molecule has 2 heterocycles. The summed E-state index contributed by atoms with van der Waals surface area (Å²) in [6, 6.07) is 7.68. The highest BCUT2D eigenvalue weighted by molar-refractivity contribution is 7.14. The number of carbonyl (C=O) groups excluding carboxylic acids is 2. The molecule has 1 aromatic heterocycles. The SMILES string of the molecule is CCOC(=O)C1=C(c2ccccc2)N(c2nc(C(=O)OCC)cs2)NC1(O)C(F)(F)F. The number of carbonyl (C=O) groups is 2. The lowest BCUT2D eigenvalue weighted by atomic mass is 9.98. The van der Waals surface area contributed by atoms with Crippen LogP contribution in [0.1, 0.15) is 29.9 Å². The number of nitrogens with zero attached hydrogens (tertiary/aromatic N) is 2. The van der Waals surface area contributed by atoms with Crippen molar-refractivity contribution in [3.63, 3.8) is 0 Å². The number of hydrogen-bond acceptors (Lipinski definition) is 9. The number of nitrogens with one attached hydrogen (secondary N) is 1. The normalized spacial score (nSPS) is 19.0. The fourth-order valence-corrected chi connectivity index (χ4v) is 3.65. The first-order valence-electron chi connectivity index (χ1n) is 9.11. The topological polar surface area (TPSA) is 101 Å². The summed E-state index contributed by atoms with van der Waals surface area (Å²) < 4.78 is 51.5. The van der Waals surface area contributed by atoms with E-state index in [1.165, 1.54) is 24.4 Å². The van der Waals surface area contributed by atoms with Crippen molar-refractivity contribution < 1.29 is 37.3 Å². The van der Waals surface area contributed by atoms with Gasteiger partial charge in [-0.2, -0.15) is 18.6 Å². The van der Waals surface area contributed by atoms with Gasteiger partial charge in [0.2, 0.25) is 5.13 Å². The molecule has 2 aromatic rings. The molecule has 1 atom stereocenters. The van der Waals surface area contributed by atoms with E-state index in [0.29, 0.717) is 0 Å². The number of esters is 2. The maximum atomic E-state index is 13.9. The van der Waals surface area contributed by atoms with Gasteiger partial charge in [-0.3, -0.25) is 0 Å². The lowest BCUT2D eigenvalue weighted by Gasteiger charge is -2.29. The van der Waals surface area contributed by atoms with E-state index in [-0.39, 0.29) is 35.3 Å². The molecule has 1 aromatic carbocycles. The van der Waals surface area contributed by atoms with E-state index in [4.69, 9.17) is 9.47 Å². The van der Waals surface area contributed by atoms with Gasteiger partial charge in [-0.05, 0) is 13.8 Å². The van der Waals surface area contributed by atoms with Gasteiger partial charge in [0, 0.05) is 10.9 Å². The van der Waals surface area contributed by atoms with Crippen LogP contribution in [0.3, 0.4) is 0 Å². The van der Waals surface area contributed by atoms with Crippen molar-refractivity contribution in [1.29, 1.82) is 0 Å². The molecule has 31 heavy (non-hydrogen) atoms. The molecule has 0 spiro atoms. The quantitative estimate of drug-likeness (QED) is 0.639. The number of alkyl halides is 3. The van der Waals surface area contributed by atoms with Gasteiger partial charge in [-0.25, -0.2) is 19.6 Å². The van der Waals surface area contributed by atoms with Gasteiger partial charge in [-0.15, -0.1) is 11.3 Å². The second-order valence-electron chi connectivity index (χ2n) is 6.20. The lowest BCUT2D eigenvalue weighted by Crippen LogP contribution is -2.59. The first-order valence-corrected chi connectivity index (χ1v) is 9.99. The molecule has 1 aliphatic heterocycles. The predicted octanol–water partition coefficient (Wildman–Crippen LogP) is 2.87. The second-order valence-corrected chi connectivity index (χ2v) is 7.04. The number of hydrogen-bond donors (Lipinski definition) is 2. The average molecular weight is 457 g/mol. The number of aromatic nitrogens is 1. The fraction of sp³-hybridized carbons (Fsp3) is 0.316. The summed E-state index contributed by atoms with van der Waals surface area (Å²) in [6.07, 6.45) is -5.29. The van der Waals surface area contributed by atoms with Crippen LogP contribution in [0, 0.1) is 0 Å². The molecule has 0 saturated heterocycles. The summed E-state index contributed by atoms with van der Waals surface area (Å²) in [5.74, 6) is -2.11. The number of halogens is 3. The molecule has 2 N–H and O–H groups in total. The molecule has 0 saturated carbocycles. The molecule has 1 aliphatic rings. The van der Waals surface area contributed by atoms with E-state index >= 15 is 0 Å². The number of anilines is 1. The monoisotopic (exact) mass is 457 g/mol. The minimum Gasteiger partial charge on any atom is -0.462 e. The van der Waals surface area contributed by atoms with Crippen molar-refractivity contribution in [2.45, 2.75) is 25.7 Å². The minimum atomic E-state index is -5.29. The Balaban J connectivity index is 2.22. The zero-order valence-corrected chi connectivity index (χ0v) is 17.2. The van der Waals surface area contributed by atoms with Crippen LogP contribution < -0.4 is 10.4 Å². The van der Waals surface area contributed by atoms with Crippen LogP contribution in [-0.4, -0.2) is 47.1 Å². The van der Waals surface area contributed by atoms with Crippen LogP contribution in [0.4, 0.5) is 18.3 Å². The number of aliphatic hydroxyl groups is 1. The van der Waals surface area contributed by atoms with E-state index in [0.717, 1.165) is 16.3 Å². The van der Waals surface area contributed by atoms with Crippen molar-refractivity contribution in [1.82, 2.24) is 10.4 Å². The Labute approximate surface area is 178 Å². The molecule has 0 radical (unpaired) electrons. The standard InChI is InChI=1S/C19H18F3N3O5S/c1-3-29-15(26)12-10-31-17(23-12)25-14(11-8-6-5-7-9-11)13(16(27)30-4-2)18(28,24-25)19(20,21)22/h5-10,24,28H,3-4H2,1-2H3. The number of rotatable bonds is 6. The van der Waals surface area contributed by atoms with Crippen LogP contribution in [0.25, 0.3) is 5.70 Å². The third-order valence-corrected chi connectivity index (χ3v) is 5.03. The van der Waals surface area contributed by atoms with Crippen molar-refractivity contribution in [2.24, 2.45) is 0 Å². The number of ether oxygens (including phenoxy) is 2. The van der Waals surface area contributed by atoms with Crippen LogP contribution in [0.15, 0.2) is 41.3 Å². The average Bonchev–Trinajstić information content (AvgIpc) is 3.32. The summed E-state index contributed by atoms with van der Waals surface area (Å²) in [7, 11) is 0. The van der Waals surface area contributed by atoms with Crippen molar-refractivity contribution >= 4 is 34.1 Å². The second kappa shape index (κ2) is 8.65. The van der Waals surface area contributed by atoms with Crippen molar-refractivity contribution in [3.05, 3.63) is 52.5 Å². The Bertz CT molecular complexity index is 1010. The molecule has 166 valence electrons. The van der Waals surface area contributed by atoms with Gasteiger partial charge in [0.05, 0.1) is 18.9 Å². The highest BCUT2D eigenvalue weighted by Crippen LogP contribution is 2.46. The number of thiazole rings is 1. The summed E-state index contributed by atoms with van der Waals surface area (Å²) in [5.41, 5.74) is -3.10. The fourth-order valence-electron chi connectivity index (χ4n) is 2.89. The molecule has 12 heteroatoms. The van der Waals surface area contributed by atoms with E-state index in [2.05, 4.69) is 4.98 Å². The molecule has 0 fully saturated rings. The first kappa shape index (κ1) is 22.7. The Morgan fingerprint density at radius 1 is 1.16 bits per heavy atom. The maximum Gasteiger partial charge on any atom is 0.437 e. The summed E-state index contributed by atoms with van der Waals surface area (Å²) in [5, 5.41) is 12.6. The highest BCUT2D eigenvalue weighted by atomic mass is 32.1. The molecule has 0 amide bonds. The highest BCUT2D eigenvalue weighted by Gasteiger charge is 2.65. The molecule has 0 bridgehead atoms. The third-order valence-electron chi connectivity index (χ3n) is 4.20. The van der Waals surface area contributed by atoms with Gasteiger partial charge in [-0.1, -0.05) is 30.3 Å². The van der Waals surface area contributed by atoms with Crippen LogP contribution in [-0.2, 0) is 14.3 Å². The Hall–Kier alpha value is -2.96.